The summed E-state index contributed by atoms with van der Waals surface area (Å²) in [5.74, 6) is 0.544. The van der Waals surface area contributed by atoms with E-state index in [1.807, 2.05) is 103 Å². The van der Waals surface area contributed by atoms with Gasteiger partial charge in [-0.3, -0.25) is 9.52 Å². The van der Waals surface area contributed by atoms with E-state index in [1.54, 1.807) is 24.3 Å². The zero-order valence-electron chi connectivity index (χ0n) is 25.3. The molecule has 8 nitrogen and oxygen atoms in total. The van der Waals surface area contributed by atoms with Crippen LogP contribution in [0, 0.1) is 6.92 Å². The van der Waals surface area contributed by atoms with Gasteiger partial charge in [0.2, 0.25) is 5.91 Å². The topological polar surface area (TPSA) is 102 Å². The van der Waals surface area contributed by atoms with E-state index in [0.717, 1.165) is 45.1 Å². The maximum absolute atomic E-state index is 13.0. The highest BCUT2D eigenvalue weighted by Crippen LogP contribution is 2.31. The van der Waals surface area contributed by atoms with Crippen molar-refractivity contribution in [2.45, 2.75) is 25.3 Å². The maximum Gasteiger partial charge on any atom is 0.261 e. The molecule has 0 unspecified atom stereocenters. The predicted octanol–water partition coefficient (Wildman–Crippen LogP) is 7.85. The van der Waals surface area contributed by atoms with Gasteiger partial charge in [-0.25, -0.2) is 13.1 Å². The number of anilines is 2. The molecule has 6 aromatic rings. The smallest absolute Gasteiger partial charge is 0.261 e. The second-order valence-corrected chi connectivity index (χ2v) is 12.5. The van der Waals surface area contributed by atoms with Gasteiger partial charge < -0.3 is 10.1 Å². The minimum absolute atomic E-state index is 0.0868. The van der Waals surface area contributed by atoms with Gasteiger partial charge in [-0.05, 0) is 96.9 Å². The van der Waals surface area contributed by atoms with Gasteiger partial charge in [-0.15, -0.1) is 0 Å². The lowest BCUT2D eigenvalue weighted by Crippen LogP contribution is -2.13. The van der Waals surface area contributed by atoms with Crippen LogP contribution in [-0.2, 0) is 21.4 Å². The Bertz CT molecular complexity index is 2070. The number of hydrogen-bond acceptors (Lipinski definition) is 5. The maximum atomic E-state index is 13.0. The van der Waals surface area contributed by atoms with Crippen LogP contribution in [0.4, 0.5) is 11.4 Å². The first-order valence-electron chi connectivity index (χ1n) is 14.7. The predicted molar refractivity (Wildman–Crippen MR) is 182 cm³/mol. The summed E-state index contributed by atoms with van der Waals surface area (Å²) < 4.78 is 36.5. The molecule has 0 bridgehead atoms. The van der Waals surface area contributed by atoms with Crippen molar-refractivity contribution in [1.29, 1.82) is 0 Å². The van der Waals surface area contributed by atoms with Gasteiger partial charge in [0.15, 0.2) is 0 Å². The van der Waals surface area contributed by atoms with Gasteiger partial charge in [-0.1, -0.05) is 54.6 Å². The van der Waals surface area contributed by atoms with Crippen molar-refractivity contribution in [2.24, 2.45) is 0 Å². The first-order valence-corrected chi connectivity index (χ1v) is 16.2. The molecular weight excluding hydrogens is 596 g/mol. The molecule has 0 aliphatic rings. The Morgan fingerprint density at radius 2 is 1.43 bits per heavy atom. The molecule has 2 N–H and O–H groups in total. The van der Waals surface area contributed by atoms with Crippen LogP contribution in [0.2, 0.25) is 0 Å². The van der Waals surface area contributed by atoms with Crippen LogP contribution in [-0.4, -0.2) is 24.1 Å². The third-order valence-electron chi connectivity index (χ3n) is 7.27. The molecule has 5 aromatic carbocycles. The summed E-state index contributed by atoms with van der Waals surface area (Å²) in [6.45, 7) is 3.93. The fourth-order valence-corrected chi connectivity index (χ4v) is 6.05. The zero-order chi connectivity index (χ0) is 32.1. The Morgan fingerprint density at radius 1 is 0.761 bits per heavy atom. The molecule has 0 saturated carbocycles. The Morgan fingerprint density at radius 3 is 2.11 bits per heavy atom. The van der Waals surface area contributed by atoms with E-state index in [1.165, 1.54) is 19.1 Å². The summed E-state index contributed by atoms with van der Waals surface area (Å²) in [4.78, 5) is 11.4. The number of aryl methyl sites for hydroxylation is 1. The standard InChI is InChI=1S/C37H32N4O4S/c1-26-7-6-10-33(23-26)41-37(30-13-19-34(20-14-30)45-25-28-8-4-3-5-9-28)24-36(39-41)29-11-15-32(16-12-29)40-46(43,44)35-21-17-31(18-22-35)38-27(2)42/h3-24,40H,25H2,1-2H3,(H,38,42). The van der Waals surface area contributed by atoms with Crippen molar-refractivity contribution in [3.8, 4) is 34.0 Å². The summed E-state index contributed by atoms with van der Waals surface area (Å²) in [5.41, 5.74) is 7.54. The van der Waals surface area contributed by atoms with Gasteiger partial charge >= 0.3 is 0 Å². The SMILES string of the molecule is CC(=O)Nc1ccc(S(=O)(=O)Nc2ccc(-c3cc(-c4ccc(OCc5ccccc5)cc4)n(-c4cccc(C)c4)n3)cc2)cc1. The Hall–Kier alpha value is -5.67. The first-order chi connectivity index (χ1) is 22.2. The van der Waals surface area contributed by atoms with Crippen molar-refractivity contribution < 1.29 is 17.9 Å². The van der Waals surface area contributed by atoms with E-state index in [2.05, 4.69) is 16.1 Å². The number of hydrogen-bond donors (Lipinski definition) is 2. The molecule has 0 spiro atoms. The summed E-state index contributed by atoms with van der Waals surface area (Å²) >= 11 is 0. The molecule has 1 amide bonds. The summed E-state index contributed by atoms with van der Waals surface area (Å²) in [6, 6.07) is 41.3. The molecule has 0 fully saturated rings. The number of rotatable bonds is 10. The molecule has 1 heterocycles. The number of benzene rings is 5. The van der Waals surface area contributed by atoms with E-state index >= 15 is 0 Å². The molecular formula is C37H32N4O4S. The van der Waals surface area contributed by atoms with Gasteiger partial charge in [0.25, 0.3) is 10.0 Å². The van der Waals surface area contributed by atoms with Crippen molar-refractivity contribution in [2.75, 3.05) is 10.0 Å². The highest BCUT2D eigenvalue weighted by atomic mass is 32.2. The van der Waals surface area contributed by atoms with Crippen molar-refractivity contribution >= 4 is 27.3 Å². The molecule has 0 saturated heterocycles. The van der Waals surface area contributed by atoms with Crippen LogP contribution in [0.5, 0.6) is 5.75 Å². The second kappa shape index (κ2) is 13.1. The summed E-state index contributed by atoms with van der Waals surface area (Å²) in [5, 5.41) is 7.59. The molecule has 0 aliphatic heterocycles. The third kappa shape index (κ3) is 7.17. The van der Waals surface area contributed by atoms with E-state index < -0.39 is 10.0 Å². The molecule has 1 aromatic heterocycles. The first kappa shape index (κ1) is 30.4. The Kier molecular flexibility index (Phi) is 8.67. The highest BCUT2D eigenvalue weighted by Gasteiger charge is 2.16. The lowest BCUT2D eigenvalue weighted by Gasteiger charge is -2.10. The molecule has 6 rings (SSSR count). The number of sulfonamides is 1. The van der Waals surface area contributed by atoms with Crippen molar-refractivity contribution in [3.63, 3.8) is 0 Å². The molecule has 0 atom stereocenters. The molecule has 46 heavy (non-hydrogen) atoms. The number of nitrogens with zero attached hydrogens (tertiary/aromatic N) is 2. The van der Waals surface area contributed by atoms with Crippen molar-refractivity contribution in [3.05, 3.63) is 145 Å². The summed E-state index contributed by atoms with van der Waals surface area (Å²) in [6.07, 6.45) is 0. The fourth-order valence-electron chi connectivity index (χ4n) is 4.99. The van der Waals surface area contributed by atoms with E-state index in [0.29, 0.717) is 18.0 Å². The largest absolute Gasteiger partial charge is 0.489 e. The lowest BCUT2D eigenvalue weighted by molar-refractivity contribution is -0.114. The van der Waals surface area contributed by atoms with E-state index in [-0.39, 0.29) is 10.8 Å². The van der Waals surface area contributed by atoms with Crippen LogP contribution < -0.4 is 14.8 Å². The van der Waals surface area contributed by atoms with Gasteiger partial charge in [0.05, 0.1) is 22.0 Å². The zero-order valence-corrected chi connectivity index (χ0v) is 26.2. The van der Waals surface area contributed by atoms with E-state index in [4.69, 9.17) is 9.84 Å². The molecule has 0 aliphatic carbocycles. The number of amides is 1. The Balaban J connectivity index is 1.24. The van der Waals surface area contributed by atoms with Crippen molar-refractivity contribution in [1.82, 2.24) is 9.78 Å². The third-order valence-corrected chi connectivity index (χ3v) is 8.67. The number of nitrogens with one attached hydrogen (secondary N) is 2. The van der Waals surface area contributed by atoms with Crippen LogP contribution >= 0.6 is 0 Å². The van der Waals surface area contributed by atoms with E-state index in [9.17, 15) is 13.2 Å². The quantitative estimate of drug-likeness (QED) is 0.161. The van der Waals surface area contributed by atoms with Crippen LogP contribution in [0.3, 0.4) is 0 Å². The van der Waals surface area contributed by atoms with Gasteiger partial charge in [0.1, 0.15) is 12.4 Å². The number of aromatic nitrogens is 2. The number of carbonyl (C=O) groups excluding carboxylic acids is 1. The lowest BCUT2D eigenvalue weighted by atomic mass is 10.1. The van der Waals surface area contributed by atoms with Crippen LogP contribution in [0.1, 0.15) is 18.1 Å². The molecule has 230 valence electrons. The average Bonchev–Trinajstić information content (AvgIpc) is 3.50. The normalized spacial score (nSPS) is 11.2. The number of ether oxygens (including phenoxy) is 1. The second-order valence-electron chi connectivity index (χ2n) is 10.9. The molecule has 9 heteroatoms. The van der Waals surface area contributed by atoms with Crippen LogP contribution in [0.15, 0.2) is 138 Å². The molecule has 0 radical (unpaired) electrons. The number of carbonyl (C=O) groups is 1. The highest BCUT2D eigenvalue weighted by molar-refractivity contribution is 7.92. The van der Waals surface area contributed by atoms with Gasteiger partial charge in [-0.2, -0.15) is 5.10 Å². The minimum Gasteiger partial charge on any atom is -0.489 e. The van der Waals surface area contributed by atoms with Crippen LogP contribution in [0.25, 0.3) is 28.2 Å². The monoisotopic (exact) mass is 628 g/mol. The average molecular weight is 629 g/mol. The van der Waals surface area contributed by atoms with Gasteiger partial charge in [0, 0.05) is 29.4 Å². The minimum atomic E-state index is -3.83. The Labute approximate surface area is 268 Å². The fraction of sp³-hybridized carbons (Fsp3) is 0.0811. The summed E-state index contributed by atoms with van der Waals surface area (Å²) in [7, 11) is -3.83.